The van der Waals surface area contributed by atoms with Crippen molar-refractivity contribution in [1.82, 2.24) is 19.7 Å². The summed E-state index contributed by atoms with van der Waals surface area (Å²) < 4.78 is 1.78. The Labute approximate surface area is 170 Å². The van der Waals surface area contributed by atoms with Gasteiger partial charge in [-0.05, 0) is 51.8 Å². The molecule has 7 heteroatoms. The molecule has 1 aliphatic heterocycles. The summed E-state index contributed by atoms with van der Waals surface area (Å²) in [5.41, 5.74) is 3.73. The van der Waals surface area contributed by atoms with Crippen molar-refractivity contribution in [2.24, 2.45) is 5.92 Å². The van der Waals surface area contributed by atoms with E-state index >= 15 is 0 Å². The number of hydrogen-bond acceptors (Lipinski definition) is 5. The molecule has 1 aliphatic rings. The number of aromatic nitrogens is 4. The minimum absolute atomic E-state index is 0.0309. The number of aryl methyl sites for hydroxylation is 3. The molecule has 7 nitrogen and oxygen atoms in total. The number of nitrogens with zero attached hydrogens (tertiary/aromatic N) is 5. The van der Waals surface area contributed by atoms with Gasteiger partial charge in [0.1, 0.15) is 5.82 Å². The van der Waals surface area contributed by atoms with E-state index in [1.54, 1.807) is 4.68 Å². The largest absolute Gasteiger partial charge is 0.341 e. The molecule has 0 saturated carbocycles. The summed E-state index contributed by atoms with van der Waals surface area (Å²) in [6, 6.07) is 13.7. The van der Waals surface area contributed by atoms with Crippen LogP contribution in [-0.2, 0) is 4.79 Å². The van der Waals surface area contributed by atoms with Crippen molar-refractivity contribution in [2.45, 2.75) is 33.6 Å². The molecule has 0 aliphatic carbocycles. The Bertz CT molecular complexity index is 985. The molecule has 1 N–H and O–H groups in total. The number of piperidine rings is 1. The molecule has 0 spiro atoms. The van der Waals surface area contributed by atoms with E-state index in [1.807, 2.05) is 63.2 Å². The minimum Gasteiger partial charge on any atom is -0.341 e. The van der Waals surface area contributed by atoms with E-state index in [4.69, 9.17) is 0 Å². The summed E-state index contributed by atoms with van der Waals surface area (Å²) in [7, 11) is 0. The number of anilines is 2. The van der Waals surface area contributed by atoms with Crippen molar-refractivity contribution in [3.8, 4) is 5.69 Å². The summed E-state index contributed by atoms with van der Waals surface area (Å²) in [6.07, 6.45) is 1.56. The first kappa shape index (κ1) is 19.1. The van der Waals surface area contributed by atoms with E-state index in [1.165, 1.54) is 0 Å². The minimum atomic E-state index is -0.0309. The van der Waals surface area contributed by atoms with Crippen LogP contribution in [0, 0.1) is 26.7 Å². The summed E-state index contributed by atoms with van der Waals surface area (Å²) in [5.74, 6) is 1.48. The Hall–Kier alpha value is -3.22. The normalized spacial score (nSPS) is 14.8. The molecule has 0 radical (unpaired) electrons. The molecular weight excluding hydrogens is 364 g/mol. The Morgan fingerprint density at radius 3 is 2.28 bits per heavy atom. The second-order valence-electron chi connectivity index (χ2n) is 7.62. The van der Waals surface area contributed by atoms with Crippen molar-refractivity contribution in [3.05, 3.63) is 59.5 Å². The van der Waals surface area contributed by atoms with Gasteiger partial charge in [-0.1, -0.05) is 18.2 Å². The monoisotopic (exact) mass is 390 g/mol. The van der Waals surface area contributed by atoms with Crippen LogP contribution in [0.3, 0.4) is 0 Å². The number of para-hydroxylation sites is 1. The van der Waals surface area contributed by atoms with Crippen LogP contribution in [0.25, 0.3) is 5.69 Å². The Morgan fingerprint density at radius 2 is 1.62 bits per heavy atom. The van der Waals surface area contributed by atoms with Gasteiger partial charge >= 0.3 is 0 Å². The topological polar surface area (TPSA) is 75.9 Å². The van der Waals surface area contributed by atoms with Gasteiger partial charge in [-0.2, -0.15) is 5.10 Å². The smallest absolute Gasteiger partial charge is 0.228 e. The zero-order chi connectivity index (χ0) is 20.4. The SMILES string of the molecule is Cc1cc(C)nc(N2CCC(C(=O)Nc3cc(C)nn3-c3ccccc3)CC2)n1. The highest BCUT2D eigenvalue weighted by Gasteiger charge is 2.27. The molecule has 29 heavy (non-hydrogen) atoms. The lowest BCUT2D eigenvalue weighted by atomic mass is 9.96. The third kappa shape index (κ3) is 4.29. The van der Waals surface area contributed by atoms with Crippen molar-refractivity contribution in [1.29, 1.82) is 0 Å². The van der Waals surface area contributed by atoms with Gasteiger partial charge in [-0.15, -0.1) is 0 Å². The lowest BCUT2D eigenvalue weighted by Crippen LogP contribution is -2.39. The maximum absolute atomic E-state index is 12.9. The van der Waals surface area contributed by atoms with Crippen molar-refractivity contribution < 1.29 is 4.79 Å². The van der Waals surface area contributed by atoms with Gasteiger partial charge in [-0.3, -0.25) is 4.79 Å². The molecule has 1 aromatic carbocycles. The molecule has 3 aromatic rings. The number of nitrogens with one attached hydrogen (secondary N) is 1. The highest BCUT2D eigenvalue weighted by Crippen LogP contribution is 2.24. The van der Waals surface area contributed by atoms with Crippen molar-refractivity contribution >= 4 is 17.7 Å². The van der Waals surface area contributed by atoms with Crippen LogP contribution in [-0.4, -0.2) is 38.7 Å². The maximum Gasteiger partial charge on any atom is 0.228 e. The van der Waals surface area contributed by atoms with Crippen LogP contribution < -0.4 is 10.2 Å². The van der Waals surface area contributed by atoms with Crippen molar-refractivity contribution in [3.63, 3.8) is 0 Å². The lowest BCUT2D eigenvalue weighted by Gasteiger charge is -2.31. The molecule has 1 fully saturated rings. The van der Waals surface area contributed by atoms with Gasteiger partial charge in [0.05, 0.1) is 11.4 Å². The molecular formula is C22H26N6O. The Balaban J connectivity index is 1.42. The van der Waals surface area contributed by atoms with E-state index in [2.05, 4.69) is 25.3 Å². The zero-order valence-corrected chi connectivity index (χ0v) is 17.1. The number of rotatable bonds is 4. The molecule has 0 bridgehead atoms. The Morgan fingerprint density at radius 1 is 0.966 bits per heavy atom. The van der Waals surface area contributed by atoms with Gasteiger partial charge in [0.25, 0.3) is 0 Å². The molecule has 4 rings (SSSR count). The fraction of sp³-hybridized carbons (Fsp3) is 0.364. The van der Waals surface area contributed by atoms with Gasteiger partial charge < -0.3 is 10.2 Å². The number of carbonyl (C=O) groups is 1. The van der Waals surface area contributed by atoms with Crippen LogP contribution in [0.2, 0.25) is 0 Å². The fourth-order valence-electron chi connectivity index (χ4n) is 3.77. The fourth-order valence-corrected chi connectivity index (χ4v) is 3.77. The highest BCUT2D eigenvalue weighted by atomic mass is 16.2. The molecule has 150 valence electrons. The summed E-state index contributed by atoms with van der Waals surface area (Å²) >= 11 is 0. The van der Waals surface area contributed by atoms with Crippen LogP contribution in [0.15, 0.2) is 42.5 Å². The predicted octanol–water partition coefficient (Wildman–Crippen LogP) is 3.44. The highest BCUT2D eigenvalue weighted by molar-refractivity contribution is 5.92. The Kier molecular flexibility index (Phi) is 5.29. The van der Waals surface area contributed by atoms with Gasteiger partial charge in [-0.25, -0.2) is 14.6 Å². The molecule has 1 saturated heterocycles. The quantitative estimate of drug-likeness (QED) is 0.738. The average Bonchev–Trinajstić information content (AvgIpc) is 3.08. The van der Waals surface area contributed by atoms with Gasteiger partial charge in [0.2, 0.25) is 11.9 Å². The van der Waals surface area contributed by atoms with Crippen molar-refractivity contribution in [2.75, 3.05) is 23.3 Å². The first-order chi connectivity index (χ1) is 14.0. The number of amides is 1. The van der Waals surface area contributed by atoms with E-state index in [9.17, 15) is 4.79 Å². The molecule has 3 heterocycles. The maximum atomic E-state index is 12.9. The van der Waals surface area contributed by atoms with Crippen LogP contribution >= 0.6 is 0 Å². The van der Waals surface area contributed by atoms with Crippen LogP contribution in [0.5, 0.6) is 0 Å². The molecule has 1 amide bonds. The summed E-state index contributed by atoms with van der Waals surface area (Å²) in [6.45, 7) is 7.44. The van der Waals surface area contributed by atoms with Gasteiger partial charge in [0, 0.05) is 36.5 Å². The third-order valence-electron chi connectivity index (χ3n) is 5.20. The number of hydrogen-bond donors (Lipinski definition) is 1. The molecule has 0 unspecified atom stereocenters. The zero-order valence-electron chi connectivity index (χ0n) is 17.1. The summed E-state index contributed by atoms with van der Waals surface area (Å²) in [5, 5.41) is 7.61. The second kappa shape index (κ2) is 8.03. The number of benzene rings is 1. The molecule has 2 aromatic heterocycles. The van der Waals surface area contributed by atoms with E-state index in [0.717, 1.165) is 54.6 Å². The summed E-state index contributed by atoms with van der Waals surface area (Å²) in [4.78, 5) is 24.2. The predicted molar refractivity (Wildman–Crippen MR) is 113 cm³/mol. The van der Waals surface area contributed by atoms with Crippen LogP contribution in [0.4, 0.5) is 11.8 Å². The van der Waals surface area contributed by atoms with Gasteiger partial charge in [0.15, 0.2) is 0 Å². The first-order valence-electron chi connectivity index (χ1n) is 10.00. The third-order valence-corrected chi connectivity index (χ3v) is 5.20. The van der Waals surface area contributed by atoms with Crippen LogP contribution in [0.1, 0.15) is 29.9 Å². The average molecular weight is 390 g/mol. The molecule has 0 atom stereocenters. The van der Waals surface area contributed by atoms with E-state index in [-0.39, 0.29) is 11.8 Å². The van der Waals surface area contributed by atoms with E-state index < -0.39 is 0 Å². The second-order valence-corrected chi connectivity index (χ2v) is 7.62. The van der Waals surface area contributed by atoms with E-state index in [0.29, 0.717) is 5.82 Å². The first-order valence-corrected chi connectivity index (χ1v) is 10.00. The lowest BCUT2D eigenvalue weighted by molar-refractivity contribution is -0.120. The standard InChI is InChI=1S/C22H26N6O/c1-15-13-16(2)24-22(23-15)27-11-9-18(10-12-27)21(29)25-20-14-17(3)26-28(20)19-7-5-4-6-8-19/h4-8,13-14,18H,9-12H2,1-3H3,(H,25,29). The number of carbonyl (C=O) groups excluding carboxylic acids is 1.